The summed E-state index contributed by atoms with van der Waals surface area (Å²) in [5.41, 5.74) is 3.31. The van der Waals surface area contributed by atoms with Gasteiger partial charge >= 0.3 is 0 Å². The van der Waals surface area contributed by atoms with Gasteiger partial charge in [-0.1, -0.05) is 31.2 Å². The van der Waals surface area contributed by atoms with Crippen molar-refractivity contribution in [3.05, 3.63) is 53.6 Å². The minimum absolute atomic E-state index is 0.162. The monoisotopic (exact) mass is 344 g/mol. The van der Waals surface area contributed by atoms with Crippen LogP contribution in [0.15, 0.2) is 42.5 Å². The van der Waals surface area contributed by atoms with Crippen molar-refractivity contribution in [1.82, 2.24) is 5.32 Å². The summed E-state index contributed by atoms with van der Waals surface area (Å²) in [6.07, 6.45) is 0.937. The van der Waals surface area contributed by atoms with E-state index in [0.717, 1.165) is 17.9 Å². The van der Waals surface area contributed by atoms with E-state index in [1.807, 2.05) is 24.3 Å². The third kappa shape index (κ3) is 4.38. The lowest BCUT2D eigenvalue weighted by molar-refractivity contribution is 0.395. The van der Waals surface area contributed by atoms with E-state index in [0.29, 0.717) is 10.9 Å². The number of aryl methyl sites for hydroxylation is 1. The third-order valence-corrected chi connectivity index (χ3v) is 4.15. The lowest BCUT2D eigenvalue weighted by atomic mass is 10.00. The Morgan fingerprint density at radius 2 is 1.88 bits per heavy atom. The molecule has 128 valence electrons. The number of benzene rings is 2. The lowest BCUT2D eigenvalue weighted by Crippen LogP contribution is -2.32. The molecule has 0 aliphatic carbocycles. The maximum Gasteiger partial charge on any atom is 0.171 e. The van der Waals surface area contributed by atoms with Crippen molar-refractivity contribution in [2.45, 2.75) is 26.3 Å². The Bertz CT molecular complexity index is 704. The maximum atomic E-state index is 5.48. The van der Waals surface area contributed by atoms with Crippen LogP contribution in [0, 0.1) is 6.92 Å². The fourth-order valence-electron chi connectivity index (χ4n) is 2.60. The van der Waals surface area contributed by atoms with Gasteiger partial charge in [-0.15, -0.1) is 0 Å². The van der Waals surface area contributed by atoms with E-state index in [4.69, 9.17) is 21.7 Å². The predicted octanol–water partition coefficient (Wildman–Crippen LogP) is 4.45. The first kappa shape index (κ1) is 18.1. The summed E-state index contributed by atoms with van der Waals surface area (Å²) < 4.78 is 10.6. The molecular weight excluding hydrogens is 320 g/mol. The van der Waals surface area contributed by atoms with Crippen LogP contribution in [0.2, 0.25) is 0 Å². The van der Waals surface area contributed by atoms with Gasteiger partial charge in [-0.2, -0.15) is 0 Å². The SMILES string of the molecule is CCC(NC(=S)Nc1ccc(OC)cc1OC)c1ccccc1C. The quantitative estimate of drug-likeness (QED) is 0.758. The zero-order chi connectivity index (χ0) is 17.5. The second-order valence-electron chi connectivity index (χ2n) is 5.48. The van der Waals surface area contributed by atoms with Crippen molar-refractivity contribution in [2.75, 3.05) is 19.5 Å². The van der Waals surface area contributed by atoms with E-state index in [1.165, 1.54) is 11.1 Å². The molecule has 0 amide bonds. The van der Waals surface area contributed by atoms with Crippen LogP contribution in [0.4, 0.5) is 5.69 Å². The van der Waals surface area contributed by atoms with E-state index in [2.05, 4.69) is 42.7 Å². The number of hydrogen-bond acceptors (Lipinski definition) is 3. The van der Waals surface area contributed by atoms with Gasteiger partial charge in [0.05, 0.1) is 25.9 Å². The van der Waals surface area contributed by atoms with E-state index in [1.54, 1.807) is 14.2 Å². The number of ether oxygens (including phenoxy) is 2. The second kappa shape index (κ2) is 8.55. The van der Waals surface area contributed by atoms with Crippen LogP contribution in [-0.2, 0) is 0 Å². The number of anilines is 1. The van der Waals surface area contributed by atoms with Crippen molar-refractivity contribution >= 4 is 23.0 Å². The smallest absolute Gasteiger partial charge is 0.171 e. The first-order chi connectivity index (χ1) is 11.6. The van der Waals surface area contributed by atoms with Gasteiger partial charge < -0.3 is 20.1 Å². The van der Waals surface area contributed by atoms with Gasteiger partial charge in [0.1, 0.15) is 11.5 Å². The zero-order valence-corrected chi connectivity index (χ0v) is 15.4. The number of rotatable bonds is 6. The van der Waals surface area contributed by atoms with Crippen molar-refractivity contribution in [3.8, 4) is 11.5 Å². The molecule has 0 spiro atoms. The normalized spacial score (nSPS) is 11.5. The van der Waals surface area contributed by atoms with Gasteiger partial charge in [0, 0.05) is 6.07 Å². The molecule has 1 unspecified atom stereocenters. The summed E-state index contributed by atoms with van der Waals surface area (Å²) in [5, 5.41) is 7.16. The largest absolute Gasteiger partial charge is 0.497 e. The Balaban J connectivity index is 2.11. The first-order valence-corrected chi connectivity index (χ1v) is 8.35. The van der Waals surface area contributed by atoms with Crippen LogP contribution in [0.3, 0.4) is 0 Å². The molecule has 0 saturated heterocycles. The lowest BCUT2D eigenvalue weighted by Gasteiger charge is -2.22. The summed E-state index contributed by atoms with van der Waals surface area (Å²) in [7, 11) is 3.25. The van der Waals surface area contributed by atoms with Crippen molar-refractivity contribution in [1.29, 1.82) is 0 Å². The topological polar surface area (TPSA) is 42.5 Å². The van der Waals surface area contributed by atoms with Crippen LogP contribution in [0.1, 0.15) is 30.5 Å². The Hall–Kier alpha value is -2.27. The van der Waals surface area contributed by atoms with Crippen molar-refractivity contribution in [3.63, 3.8) is 0 Å². The number of thiocarbonyl (C=S) groups is 1. The van der Waals surface area contributed by atoms with Gasteiger partial charge in [0.15, 0.2) is 5.11 Å². The molecule has 0 bridgehead atoms. The summed E-state index contributed by atoms with van der Waals surface area (Å²) >= 11 is 5.48. The molecule has 0 aliphatic rings. The minimum Gasteiger partial charge on any atom is -0.497 e. The standard InChI is InChI=1S/C19H24N2O2S/c1-5-16(15-9-7-6-8-13(15)2)20-19(24)21-17-11-10-14(22-3)12-18(17)23-4/h6-12,16H,5H2,1-4H3,(H2,20,21,24). The highest BCUT2D eigenvalue weighted by Crippen LogP contribution is 2.29. The van der Waals surface area contributed by atoms with Gasteiger partial charge in [-0.3, -0.25) is 0 Å². The van der Waals surface area contributed by atoms with E-state index in [-0.39, 0.29) is 6.04 Å². The Labute approximate surface area is 149 Å². The highest BCUT2D eigenvalue weighted by atomic mass is 32.1. The summed E-state index contributed by atoms with van der Waals surface area (Å²) in [6, 6.07) is 14.1. The van der Waals surface area contributed by atoms with Crippen LogP contribution in [-0.4, -0.2) is 19.3 Å². The molecule has 2 aromatic carbocycles. The van der Waals surface area contributed by atoms with E-state index >= 15 is 0 Å². The highest BCUT2D eigenvalue weighted by molar-refractivity contribution is 7.80. The van der Waals surface area contributed by atoms with Gasteiger partial charge in [-0.25, -0.2) is 0 Å². The molecule has 0 aromatic heterocycles. The second-order valence-corrected chi connectivity index (χ2v) is 5.89. The predicted molar refractivity (Wildman–Crippen MR) is 103 cm³/mol. The third-order valence-electron chi connectivity index (χ3n) is 3.93. The Morgan fingerprint density at radius 1 is 1.12 bits per heavy atom. The Morgan fingerprint density at radius 3 is 2.50 bits per heavy atom. The molecule has 2 N–H and O–H groups in total. The molecule has 1 atom stereocenters. The number of methoxy groups -OCH3 is 2. The zero-order valence-electron chi connectivity index (χ0n) is 14.6. The van der Waals surface area contributed by atoms with E-state index < -0.39 is 0 Å². The maximum absolute atomic E-state index is 5.48. The van der Waals surface area contributed by atoms with Gasteiger partial charge in [0.2, 0.25) is 0 Å². The van der Waals surface area contributed by atoms with Crippen LogP contribution in [0.5, 0.6) is 11.5 Å². The van der Waals surface area contributed by atoms with Crippen LogP contribution < -0.4 is 20.1 Å². The highest BCUT2D eigenvalue weighted by Gasteiger charge is 2.14. The molecule has 0 aliphatic heterocycles. The number of nitrogens with one attached hydrogen (secondary N) is 2. The van der Waals surface area contributed by atoms with Crippen LogP contribution in [0.25, 0.3) is 0 Å². The van der Waals surface area contributed by atoms with Crippen LogP contribution >= 0.6 is 12.2 Å². The fourth-order valence-corrected chi connectivity index (χ4v) is 2.85. The molecule has 2 rings (SSSR count). The van der Waals surface area contributed by atoms with Crippen molar-refractivity contribution in [2.24, 2.45) is 0 Å². The fraction of sp³-hybridized carbons (Fsp3) is 0.316. The molecule has 0 saturated carbocycles. The molecule has 0 heterocycles. The molecule has 0 radical (unpaired) electrons. The first-order valence-electron chi connectivity index (χ1n) is 7.94. The summed E-state index contributed by atoms with van der Waals surface area (Å²) in [6.45, 7) is 4.25. The van der Waals surface area contributed by atoms with Crippen molar-refractivity contribution < 1.29 is 9.47 Å². The molecule has 0 fully saturated rings. The minimum atomic E-state index is 0.162. The summed E-state index contributed by atoms with van der Waals surface area (Å²) in [4.78, 5) is 0. The van der Waals surface area contributed by atoms with Gasteiger partial charge in [-0.05, 0) is 48.8 Å². The van der Waals surface area contributed by atoms with Gasteiger partial charge in [0.25, 0.3) is 0 Å². The molecule has 2 aromatic rings. The number of hydrogen-bond donors (Lipinski definition) is 2. The average Bonchev–Trinajstić information content (AvgIpc) is 2.60. The summed E-state index contributed by atoms with van der Waals surface area (Å²) in [5.74, 6) is 1.42. The molecule has 24 heavy (non-hydrogen) atoms. The Kier molecular flexibility index (Phi) is 6.44. The van der Waals surface area contributed by atoms with E-state index in [9.17, 15) is 0 Å². The molecule has 4 nitrogen and oxygen atoms in total. The molecule has 5 heteroatoms. The average molecular weight is 344 g/mol. The molecular formula is C19H24N2O2S.